The molecule has 0 unspecified atom stereocenters. The van der Waals surface area contributed by atoms with Crippen molar-refractivity contribution in [1.29, 1.82) is 0 Å². The van der Waals surface area contributed by atoms with Crippen LogP contribution in [0.15, 0.2) is 48.5 Å². The molecule has 6 heteroatoms. The van der Waals surface area contributed by atoms with Crippen molar-refractivity contribution in [3.63, 3.8) is 0 Å². The summed E-state index contributed by atoms with van der Waals surface area (Å²) in [4.78, 5) is 7.89. The zero-order chi connectivity index (χ0) is 13.4. The Kier molecular flexibility index (Phi) is 2.32. The van der Waals surface area contributed by atoms with Crippen LogP contribution in [0.1, 0.15) is 0 Å². The van der Waals surface area contributed by atoms with Gasteiger partial charge in [0.05, 0.1) is 11.0 Å². The van der Waals surface area contributed by atoms with E-state index in [1.54, 1.807) is 0 Å². The molecule has 0 aliphatic heterocycles. The SMILES string of the molecule is c1cc(-c2nn[nH]n2)cc(-c2nc3ccccc3[nH]2)c1. The third-order valence-electron chi connectivity index (χ3n) is 3.13. The zero-order valence-corrected chi connectivity index (χ0v) is 10.4. The number of tetrazole rings is 1. The minimum absolute atomic E-state index is 0.572. The summed E-state index contributed by atoms with van der Waals surface area (Å²) in [7, 11) is 0. The molecule has 0 amide bonds. The van der Waals surface area contributed by atoms with E-state index >= 15 is 0 Å². The molecule has 0 saturated heterocycles. The van der Waals surface area contributed by atoms with Gasteiger partial charge in [-0.15, -0.1) is 10.2 Å². The summed E-state index contributed by atoms with van der Waals surface area (Å²) in [5.41, 5.74) is 3.86. The third kappa shape index (κ3) is 1.74. The van der Waals surface area contributed by atoms with Crippen LogP contribution < -0.4 is 0 Å². The number of aromatic nitrogens is 6. The second-order valence-corrected chi connectivity index (χ2v) is 4.42. The fourth-order valence-electron chi connectivity index (χ4n) is 2.18. The van der Waals surface area contributed by atoms with E-state index in [4.69, 9.17) is 0 Å². The Balaban J connectivity index is 1.84. The molecule has 0 bridgehead atoms. The van der Waals surface area contributed by atoms with Crippen LogP contribution in [0.3, 0.4) is 0 Å². The van der Waals surface area contributed by atoms with Gasteiger partial charge in [0, 0.05) is 11.1 Å². The Morgan fingerprint density at radius 3 is 2.65 bits per heavy atom. The molecule has 0 aliphatic carbocycles. The van der Waals surface area contributed by atoms with Crippen LogP contribution in [0, 0.1) is 0 Å². The van der Waals surface area contributed by atoms with Gasteiger partial charge in [-0.05, 0) is 23.4 Å². The predicted octanol–water partition coefficient (Wildman–Crippen LogP) is 2.41. The Morgan fingerprint density at radius 2 is 1.80 bits per heavy atom. The summed E-state index contributed by atoms with van der Waals surface area (Å²) in [6.07, 6.45) is 0. The molecule has 2 aromatic heterocycles. The van der Waals surface area contributed by atoms with Gasteiger partial charge in [-0.1, -0.05) is 30.3 Å². The molecule has 6 nitrogen and oxygen atoms in total. The van der Waals surface area contributed by atoms with Crippen molar-refractivity contribution in [3.05, 3.63) is 48.5 Å². The Hall–Kier alpha value is -3.02. The molecule has 2 N–H and O–H groups in total. The van der Waals surface area contributed by atoms with Crippen LogP contribution in [-0.2, 0) is 0 Å². The predicted molar refractivity (Wildman–Crippen MR) is 74.7 cm³/mol. The first kappa shape index (κ1) is 10.9. The first-order valence-electron chi connectivity index (χ1n) is 6.19. The van der Waals surface area contributed by atoms with Crippen LogP contribution in [-0.4, -0.2) is 30.6 Å². The molecule has 0 saturated carbocycles. The van der Waals surface area contributed by atoms with E-state index in [0.717, 1.165) is 28.0 Å². The van der Waals surface area contributed by atoms with Crippen molar-refractivity contribution in [3.8, 4) is 22.8 Å². The number of H-pyrrole nitrogens is 2. The lowest BCUT2D eigenvalue weighted by Crippen LogP contribution is -1.84. The summed E-state index contributed by atoms with van der Waals surface area (Å²) in [6.45, 7) is 0. The lowest BCUT2D eigenvalue weighted by molar-refractivity contribution is 0.881. The fourth-order valence-corrected chi connectivity index (χ4v) is 2.18. The molecule has 2 aromatic carbocycles. The first-order valence-corrected chi connectivity index (χ1v) is 6.19. The lowest BCUT2D eigenvalue weighted by Gasteiger charge is -1.99. The van der Waals surface area contributed by atoms with E-state index < -0.39 is 0 Å². The van der Waals surface area contributed by atoms with Crippen LogP contribution in [0.4, 0.5) is 0 Å². The average molecular weight is 262 g/mol. The molecular weight excluding hydrogens is 252 g/mol. The van der Waals surface area contributed by atoms with Gasteiger partial charge >= 0.3 is 0 Å². The normalized spacial score (nSPS) is 11.0. The van der Waals surface area contributed by atoms with E-state index in [0.29, 0.717) is 5.82 Å². The van der Waals surface area contributed by atoms with E-state index in [1.807, 2.05) is 48.5 Å². The molecule has 2 heterocycles. The average Bonchev–Trinajstić information content (AvgIpc) is 3.16. The highest BCUT2D eigenvalue weighted by molar-refractivity contribution is 5.80. The highest BCUT2D eigenvalue weighted by Crippen LogP contribution is 2.24. The molecular formula is C14H10N6. The number of nitrogens with zero attached hydrogens (tertiary/aromatic N) is 4. The highest BCUT2D eigenvalue weighted by atomic mass is 15.5. The number of para-hydroxylation sites is 2. The quantitative estimate of drug-likeness (QED) is 0.581. The number of hydrogen-bond donors (Lipinski definition) is 2. The molecule has 0 aliphatic rings. The van der Waals surface area contributed by atoms with Crippen molar-refractivity contribution in [2.45, 2.75) is 0 Å². The van der Waals surface area contributed by atoms with Crippen LogP contribution >= 0.6 is 0 Å². The minimum atomic E-state index is 0.572. The summed E-state index contributed by atoms with van der Waals surface area (Å²) >= 11 is 0. The number of fused-ring (bicyclic) bond motifs is 1. The first-order chi connectivity index (χ1) is 9.90. The second kappa shape index (κ2) is 4.27. The van der Waals surface area contributed by atoms with E-state index in [9.17, 15) is 0 Å². The van der Waals surface area contributed by atoms with Gasteiger partial charge in [-0.25, -0.2) is 4.98 Å². The molecule has 0 atom stereocenters. The Bertz CT molecular complexity index is 829. The van der Waals surface area contributed by atoms with Crippen molar-refractivity contribution >= 4 is 11.0 Å². The number of benzene rings is 2. The zero-order valence-electron chi connectivity index (χ0n) is 10.4. The third-order valence-corrected chi connectivity index (χ3v) is 3.13. The maximum Gasteiger partial charge on any atom is 0.204 e. The summed E-state index contributed by atoms with van der Waals surface area (Å²) < 4.78 is 0. The van der Waals surface area contributed by atoms with Gasteiger partial charge in [-0.3, -0.25) is 0 Å². The van der Waals surface area contributed by atoms with Crippen molar-refractivity contribution in [2.24, 2.45) is 0 Å². The van der Waals surface area contributed by atoms with Gasteiger partial charge in [0.25, 0.3) is 0 Å². The Morgan fingerprint density at radius 1 is 0.900 bits per heavy atom. The molecule has 96 valence electrons. The van der Waals surface area contributed by atoms with Crippen molar-refractivity contribution in [2.75, 3.05) is 0 Å². The molecule has 0 spiro atoms. The maximum atomic E-state index is 4.59. The van der Waals surface area contributed by atoms with Gasteiger partial charge in [0.2, 0.25) is 5.82 Å². The number of rotatable bonds is 2. The molecule has 0 radical (unpaired) electrons. The summed E-state index contributed by atoms with van der Waals surface area (Å²) in [6, 6.07) is 15.8. The van der Waals surface area contributed by atoms with Crippen molar-refractivity contribution in [1.82, 2.24) is 30.6 Å². The van der Waals surface area contributed by atoms with Crippen LogP contribution in [0.2, 0.25) is 0 Å². The maximum absolute atomic E-state index is 4.59. The van der Waals surface area contributed by atoms with E-state index in [1.165, 1.54) is 0 Å². The highest BCUT2D eigenvalue weighted by Gasteiger charge is 2.08. The van der Waals surface area contributed by atoms with E-state index in [-0.39, 0.29) is 0 Å². The fraction of sp³-hybridized carbons (Fsp3) is 0. The Labute approximate surface area is 113 Å². The smallest absolute Gasteiger partial charge is 0.204 e. The summed E-state index contributed by atoms with van der Waals surface area (Å²) in [5, 5.41) is 14.0. The number of imidazole rings is 1. The topological polar surface area (TPSA) is 83.1 Å². The minimum Gasteiger partial charge on any atom is -0.338 e. The molecule has 20 heavy (non-hydrogen) atoms. The number of aromatic amines is 2. The number of nitrogens with one attached hydrogen (secondary N) is 2. The van der Waals surface area contributed by atoms with Crippen LogP contribution in [0.5, 0.6) is 0 Å². The molecule has 0 fully saturated rings. The monoisotopic (exact) mass is 262 g/mol. The summed E-state index contributed by atoms with van der Waals surface area (Å²) in [5.74, 6) is 1.40. The van der Waals surface area contributed by atoms with Crippen LogP contribution in [0.25, 0.3) is 33.8 Å². The van der Waals surface area contributed by atoms with E-state index in [2.05, 4.69) is 30.6 Å². The van der Waals surface area contributed by atoms with Gasteiger partial charge in [0.15, 0.2) is 0 Å². The molecule has 4 rings (SSSR count). The van der Waals surface area contributed by atoms with Gasteiger partial charge < -0.3 is 4.98 Å². The molecule has 4 aromatic rings. The van der Waals surface area contributed by atoms with Gasteiger partial charge in [0.1, 0.15) is 5.82 Å². The van der Waals surface area contributed by atoms with Crippen molar-refractivity contribution < 1.29 is 0 Å². The standard InChI is InChI=1S/C14H10N6/c1-2-7-12-11(6-1)15-13(16-12)9-4-3-5-10(8-9)14-17-19-20-18-14/h1-8H,(H,15,16)(H,17,18,19,20). The number of hydrogen-bond acceptors (Lipinski definition) is 4. The van der Waals surface area contributed by atoms with Gasteiger partial charge in [-0.2, -0.15) is 5.21 Å². The second-order valence-electron chi connectivity index (χ2n) is 4.42. The largest absolute Gasteiger partial charge is 0.338 e. The lowest BCUT2D eigenvalue weighted by atomic mass is 10.1.